The molecule has 15 heteroatoms. The molecule has 1 fully saturated rings. The quantitative estimate of drug-likeness (QED) is 0.177. The van der Waals surface area contributed by atoms with E-state index in [1.54, 1.807) is 30.3 Å². The van der Waals surface area contributed by atoms with Crippen LogP contribution in [0.1, 0.15) is 36.1 Å². The average Bonchev–Trinajstić information content (AvgIpc) is 3.48. The molecule has 1 aliphatic rings. The van der Waals surface area contributed by atoms with Gasteiger partial charge < -0.3 is 25.4 Å². The summed E-state index contributed by atoms with van der Waals surface area (Å²) in [5.41, 5.74) is -1.22. The maximum atomic E-state index is 15.0. The predicted octanol–water partition coefficient (Wildman–Crippen LogP) is 5.35. The van der Waals surface area contributed by atoms with E-state index in [4.69, 9.17) is 11.6 Å². The molecule has 1 heterocycles. The van der Waals surface area contributed by atoms with Gasteiger partial charge in [-0.3, -0.25) is 14.6 Å². The Morgan fingerprint density at radius 1 is 1.07 bits per heavy atom. The summed E-state index contributed by atoms with van der Waals surface area (Å²) >= 11 is 6.07. The summed E-state index contributed by atoms with van der Waals surface area (Å²) in [4.78, 5) is 41.9. The van der Waals surface area contributed by atoms with Crippen LogP contribution in [0.25, 0.3) is 0 Å². The van der Waals surface area contributed by atoms with Gasteiger partial charge in [0.2, 0.25) is 5.91 Å². The second-order valence-electron chi connectivity index (χ2n) is 10.7. The molecular formula is C31H30ClF5N4O5. The maximum absolute atomic E-state index is 15.0. The van der Waals surface area contributed by atoms with E-state index in [0.29, 0.717) is 24.5 Å². The third-order valence-corrected chi connectivity index (χ3v) is 7.67. The molecule has 2 aromatic carbocycles. The first-order valence-electron chi connectivity index (χ1n) is 14.1. The van der Waals surface area contributed by atoms with Gasteiger partial charge in [-0.05, 0) is 54.7 Å². The number of rotatable bonds is 12. The average molecular weight is 669 g/mol. The largest absolute Gasteiger partial charge is 0.468 e. The number of hydrogen-bond donors (Lipinski definition) is 3. The van der Waals surface area contributed by atoms with E-state index < -0.39 is 53.6 Å². The minimum absolute atomic E-state index is 0.104. The standard InChI is InChI=1S/C31H30ClF5N4O5/c1-45-26(42)17-39-27(43)19-7-9-23(11-19)40-29(44)41-30(15-18-5-3-2-4-6-18,25-10-8-21(32)16-38-25)20-12-22(33)14-24(13-20)46-31(36,37)28(34)35/h2-6,8,10,12-14,16,19,23,28H,7,9,11,15,17H2,1H3,(H,39,43)(H2,40,41,44)/t19-,23+,30-/m0/s1. The van der Waals surface area contributed by atoms with E-state index in [0.717, 1.165) is 12.1 Å². The molecule has 3 atom stereocenters. The van der Waals surface area contributed by atoms with Gasteiger partial charge in [-0.15, -0.1) is 0 Å². The van der Waals surface area contributed by atoms with Crippen molar-refractivity contribution in [2.24, 2.45) is 5.92 Å². The van der Waals surface area contributed by atoms with Gasteiger partial charge in [-0.1, -0.05) is 41.9 Å². The molecule has 3 amide bonds. The van der Waals surface area contributed by atoms with E-state index in [9.17, 15) is 31.9 Å². The number of esters is 1. The number of carbonyl (C=O) groups excluding carboxylic acids is 3. The zero-order valence-corrected chi connectivity index (χ0v) is 25.1. The van der Waals surface area contributed by atoms with Crippen LogP contribution in [0.5, 0.6) is 5.75 Å². The van der Waals surface area contributed by atoms with Crippen molar-refractivity contribution in [2.45, 2.75) is 49.8 Å². The number of amides is 3. The summed E-state index contributed by atoms with van der Waals surface area (Å²) in [5.74, 6) is -3.52. The lowest BCUT2D eigenvalue weighted by Crippen LogP contribution is -2.54. The Labute approximate surface area is 265 Å². The Balaban J connectivity index is 1.70. The number of methoxy groups -OCH3 is 1. The number of alkyl halides is 4. The summed E-state index contributed by atoms with van der Waals surface area (Å²) in [6.07, 6.45) is -6.90. The number of aromatic nitrogens is 1. The Bertz CT molecular complexity index is 1530. The smallest absolute Gasteiger partial charge is 0.461 e. The predicted molar refractivity (Wildman–Crippen MR) is 156 cm³/mol. The Morgan fingerprint density at radius 3 is 2.46 bits per heavy atom. The molecule has 0 bridgehead atoms. The molecular weight excluding hydrogens is 639 g/mol. The minimum Gasteiger partial charge on any atom is -0.468 e. The minimum atomic E-state index is -4.93. The van der Waals surface area contributed by atoms with Crippen molar-refractivity contribution in [1.82, 2.24) is 20.9 Å². The number of nitrogens with zero attached hydrogens (tertiary/aromatic N) is 1. The summed E-state index contributed by atoms with van der Waals surface area (Å²) in [5, 5.41) is 8.32. The van der Waals surface area contributed by atoms with Crippen molar-refractivity contribution in [3.8, 4) is 5.75 Å². The first-order valence-corrected chi connectivity index (χ1v) is 14.4. The molecule has 0 radical (unpaired) electrons. The molecule has 0 saturated heterocycles. The third kappa shape index (κ3) is 8.62. The fourth-order valence-electron chi connectivity index (χ4n) is 5.26. The summed E-state index contributed by atoms with van der Waals surface area (Å²) < 4.78 is 77.4. The molecule has 46 heavy (non-hydrogen) atoms. The lowest BCUT2D eigenvalue weighted by atomic mass is 9.80. The van der Waals surface area contributed by atoms with E-state index in [1.165, 1.54) is 25.4 Å². The van der Waals surface area contributed by atoms with Gasteiger partial charge in [0, 0.05) is 30.6 Å². The van der Waals surface area contributed by atoms with Crippen molar-refractivity contribution in [2.75, 3.05) is 13.7 Å². The van der Waals surface area contributed by atoms with Crippen LogP contribution in [0.15, 0.2) is 66.9 Å². The summed E-state index contributed by atoms with van der Waals surface area (Å²) in [6.45, 7) is -0.302. The normalized spacial score (nSPS) is 17.6. The molecule has 246 valence electrons. The molecule has 1 aliphatic carbocycles. The van der Waals surface area contributed by atoms with Crippen molar-refractivity contribution in [1.29, 1.82) is 0 Å². The fraction of sp³-hybridized carbons (Fsp3) is 0.355. The van der Waals surface area contributed by atoms with Crippen molar-refractivity contribution in [3.05, 3.63) is 94.5 Å². The first-order chi connectivity index (χ1) is 21.8. The first kappa shape index (κ1) is 34.4. The third-order valence-electron chi connectivity index (χ3n) is 7.45. The summed E-state index contributed by atoms with van der Waals surface area (Å²) in [6, 6.07) is 12.6. The molecule has 9 nitrogen and oxygen atoms in total. The molecule has 3 aromatic rings. The van der Waals surface area contributed by atoms with Crippen molar-refractivity contribution < 1.29 is 45.8 Å². The maximum Gasteiger partial charge on any atom is 0.461 e. The number of pyridine rings is 1. The van der Waals surface area contributed by atoms with Gasteiger partial charge in [0.25, 0.3) is 0 Å². The van der Waals surface area contributed by atoms with Crippen LogP contribution in [0, 0.1) is 11.7 Å². The monoisotopic (exact) mass is 668 g/mol. The number of ether oxygens (including phenoxy) is 2. The Kier molecular flexibility index (Phi) is 11.0. The molecule has 1 aromatic heterocycles. The Hall–Kier alpha value is -4.46. The second kappa shape index (κ2) is 14.8. The van der Waals surface area contributed by atoms with Crippen molar-refractivity contribution in [3.63, 3.8) is 0 Å². The number of carbonyl (C=O) groups is 3. The van der Waals surface area contributed by atoms with Crippen LogP contribution in [-0.4, -0.2) is 55.1 Å². The fourth-order valence-corrected chi connectivity index (χ4v) is 5.37. The van der Waals surface area contributed by atoms with Crippen molar-refractivity contribution >= 4 is 29.5 Å². The number of urea groups is 1. The lowest BCUT2D eigenvalue weighted by Gasteiger charge is -2.36. The van der Waals surface area contributed by atoms with Crippen LogP contribution in [-0.2, 0) is 26.3 Å². The molecule has 0 spiro atoms. The van der Waals surface area contributed by atoms with E-state index >= 15 is 4.39 Å². The highest BCUT2D eigenvalue weighted by molar-refractivity contribution is 6.30. The number of halogens is 6. The lowest BCUT2D eigenvalue weighted by molar-refractivity contribution is -0.253. The second-order valence-corrected chi connectivity index (χ2v) is 11.1. The van der Waals surface area contributed by atoms with E-state index in [-0.39, 0.29) is 41.6 Å². The highest BCUT2D eigenvalue weighted by Crippen LogP contribution is 2.37. The topological polar surface area (TPSA) is 119 Å². The van der Waals surface area contributed by atoms with Gasteiger partial charge in [-0.25, -0.2) is 9.18 Å². The van der Waals surface area contributed by atoms with Crippen LogP contribution in [0.3, 0.4) is 0 Å². The number of nitrogens with one attached hydrogen (secondary N) is 3. The number of hydrogen-bond acceptors (Lipinski definition) is 6. The zero-order chi connectivity index (χ0) is 33.5. The molecule has 3 N–H and O–H groups in total. The van der Waals surface area contributed by atoms with Crippen LogP contribution in [0.2, 0.25) is 5.02 Å². The number of benzene rings is 2. The van der Waals surface area contributed by atoms with Gasteiger partial charge in [0.05, 0.1) is 17.8 Å². The Morgan fingerprint density at radius 2 is 1.80 bits per heavy atom. The van der Waals surface area contributed by atoms with Gasteiger partial charge >= 0.3 is 24.5 Å². The highest BCUT2D eigenvalue weighted by atomic mass is 35.5. The highest BCUT2D eigenvalue weighted by Gasteiger charge is 2.45. The van der Waals surface area contributed by atoms with Crippen LogP contribution >= 0.6 is 11.6 Å². The molecule has 4 rings (SSSR count). The van der Waals surface area contributed by atoms with E-state index in [2.05, 4.69) is 30.4 Å². The van der Waals surface area contributed by atoms with Crippen LogP contribution in [0.4, 0.5) is 26.7 Å². The van der Waals surface area contributed by atoms with Crippen LogP contribution < -0.4 is 20.7 Å². The van der Waals surface area contributed by atoms with Gasteiger partial charge in [-0.2, -0.15) is 17.6 Å². The van der Waals surface area contributed by atoms with Gasteiger partial charge in [0.15, 0.2) is 0 Å². The zero-order valence-electron chi connectivity index (χ0n) is 24.4. The molecule has 0 aliphatic heterocycles. The van der Waals surface area contributed by atoms with E-state index in [1.807, 2.05) is 0 Å². The summed E-state index contributed by atoms with van der Waals surface area (Å²) in [7, 11) is 1.19. The SMILES string of the molecule is COC(=O)CNC(=O)[C@H]1CC[C@@H](NC(=O)N[C@@](Cc2ccccc2)(c2cc(F)cc(OC(F)(F)C(F)F)c2)c2ccc(Cl)cn2)C1. The van der Waals surface area contributed by atoms with Gasteiger partial charge in [0.1, 0.15) is 23.7 Å². The molecule has 0 unspecified atom stereocenters. The molecule has 1 saturated carbocycles.